The van der Waals surface area contributed by atoms with E-state index in [4.69, 9.17) is 4.74 Å². The Bertz CT molecular complexity index is 966. The normalized spacial score (nSPS) is 17.9. The molecular weight excluding hydrogens is 432 g/mol. The fraction of sp³-hybridized carbons (Fsp3) is 0.526. The molecule has 1 amide bonds. The second kappa shape index (κ2) is 9.36. The molecule has 158 valence electrons. The molecule has 0 saturated carbocycles. The van der Waals surface area contributed by atoms with Crippen LogP contribution in [0.2, 0.25) is 0 Å². The van der Waals surface area contributed by atoms with Crippen molar-refractivity contribution >= 4 is 44.4 Å². The molecule has 1 atom stereocenters. The summed E-state index contributed by atoms with van der Waals surface area (Å²) in [6.45, 7) is 3.81. The SMILES string of the molecule is CCCCN(C(=O)COC(=O)c1sc(-c2cccs2)nc1C)C1CCS(=O)(=O)C1. The number of esters is 1. The van der Waals surface area contributed by atoms with Crippen molar-refractivity contribution in [2.75, 3.05) is 24.7 Å². The smallest absolute Gasteiger partial charge is 0.350 e. The Morgan fingerprint density at radius 2 is 2.17 bits per heavy atom. The third-order valence-electron chi connectivity index (χ3n) is 4.76. The van der Waals surface area contributed by atoms with E-state index in [2.05, 4.69) is 4.98 Å². The van der Waals surface area contributed by atoms with Gasteiger partial charge in [-0.3, -0.25) is 4.79 Å². The monoisotopic (exact) mass is 456 g/mol. The minimum absolute atomic E-state index is 0.0193. The standard InChI is InChI=1S/C19H24N2O5S3/c1-3-4-8-21(14-7-10-29(24,25)12-14)16(22)11-26-19(23)17-13(2)20-18(28-17)15-6-5-9-27-15/h5-6,9,14H,3-4,7-8,10-12H2,1-2H3. The molecule has 3 heterocycles. The van der Waals surface area contributed by atoms with Crippen LogP contribution in [0.15, 0.2) is 17.5 Å². The van der Waals surface area contributed by atoms with Crippen molar-refractivity contribution in [2.45, 2.75) is 39.2 Å². The van der Waals surface area contributed by atoms with Crippen LogP contribution in [-0.4, -0.2) is 60.9 Å². The lowest BCUT2D eigenvalue weighted by atomic mass is 10.2. The maximum atomic E-state index is 12.7. The summed E-state index contributed by atoms with van der Waals surface area (Å²) < 4.78 is 28.9. The number of carbonyl (C=O) groups excluding carboxylic acids is 2. The highest BCUT2D eigenvalue weighted by Gasteiger charge is 2.34. The van der Waals surface area contributed by atoms with E-state index in [0.717, 1.165) is 22.7 Å². The number of unbranched alkanes of at least 4 members (excludes halogenated alkanes) is 1. The first-order valence-corrected chi connectivity index (χ1v) is 13.0. The largest absolute Gasteiger partial charge is 0.451 e. The van der Waals surface area contributed by atoms with E-state index >= 15 is 0 Å². The lowest BCUT2D eigenvalue weighted by Crippen LogP contribution is -2.43. The summed E-state index contributed by atoms with van der Waals surface area (Å²) in [4.78, 5) is 32.5. The van der Waals surface area contributed by atoms with Gasteiger partial charge >= 0.3 is 5.97 Å². The lowest BCUT2D eigenvalue weighted by Gasteiger charge is -2.28. The molecule has 2 aromatic rings. The van der Waals surface area contributed by atoms with E-state index in [1.54, 1.807) is 11.8 Å². The molecule has 1 aliphatic heterocycles. The fourth-order valence-electron chi connectivity index (χ4n) is 3.23. The Morgan fingerprint density at radius 1 is 1.38 bits per heavy atom. The topological polar surface area (TPSA) is 93.6 Å². The molecule has 29 heavy (non-hydrogen) atoms. The molecule has 2 aromatic heterocycles. The molecule has 0 aliphatic carbocycles. The van der Waals surface area contributed by atoms with Gasteiger partial charge in [0.05, 0.1) is 22.1 Å². The molecule has 0 bridgehead atoms. The first-order valence-electron chi connectivity index (χ1n) is 9.49. The van der Waals surface area contributed by atoms with Crippen LogP contribution in [0.1, 0.15) is 41.6 Å². The van der Waals surface area contributed by atoms with Gasteiger partial charge in [0.2, 0.25) is 0 Å². The Hall–Kier alpha value is -1.78. The van der Waals surface area contributed by atoms with Crippen LogP contribution in [-0.2, 0) is 19.4 Å². The van der Waals surface area contributed by atoms with Gasteiger partial charge < -0.3 is 9.64 Å². The number of ether oxygens (including phenoxy) is 1. The van der Waals surface area contributed by atoms with E-state index in [1.165, 1.54) is 22.7 Å². The summed E-state index contributed by atoms with van der Waals surface area (Å²) in [7, 11) is -3.10. The summed E-state index contributed by atoms with van der Waals surface area (Å²) in [5.41, 5.74) is 0.570. The number of aromatic nitrogens is 1. The second-order valence-electron chi connectivity index (χ2n) is 6.98. The number of amides is 1. The number of hydrogen-bond donors (Lipinski definition) is 0. The van der Waals surface area contributed by atoms with Crippen molar-refractivity contribution in [3.63, 3.8) is 0 Å². The maximum absolute atomic E-state index is 12.7. The third kappa shape index (κ3) is 5.43. The number of nitrogens with zero attached hydrogens (tertiary/aromatic N) is 2. The van der Waals surface area contributed by atoms with Crippen molar-refractivity contribution < 1.29 is 22.7 Å². The first kappa shape index (κ1) is 21.9. The van der Waals surface area contributed by atoms with Crippen LogP contribution < -0.4 is 0 Å². The zero-order chi connectivity index (χ0) is 21.0. The summed E-state index contributed by atoms with van der Waals surface area (Å²) in [5.74, 6) is -0.854. The summed E-state index contributed by atoms with van der Waals surface area (Å²) in [6.07, 6.45) is 2.09. The Labute approximate surface area is 178 Å². The third-order valence-corrected chi connectivity index (χ3v) is 8.69. The molecule has 7 nitrogen and oxygen atoms in total. The van der Waals surface area contributed by atoms with Crippen LogP contribution >= 0.6 is 22.7 Å². The van der Waals surface area contributed by atoms with Gasteiger partial charge in [-0.25, -0.2) is 18.2 Å². The predicted molar refractivity (Wildman–Crippen MR) is 114 cm³/mol. The minimum atomic E-state index is -3.10. The fourth-order valence-corrected chi connectivity index (χ4v) is 6.72. The Morgan fingerprint density at radius 3 is 2.79 bits per heavy atom. The molecule has 1 fully saturated rings. The van der Waals surface area contributed by atoms with Crippen molar-refractivity contribution in [1.29, 1.82) is 0 Å². The van der Waals surface area contributed by atoms with Gasteiger partial charge in [-0.2, -0.15) is 0 Å². The molecule has 0 spiro atoms. The predicted octanol–water partition coefficient (Wildman–Crippen LogP) is 3.15. The van der Waals surface area contributed by atoms with Gasteiger partial charge in [0.15, 0.2) is 16.4 Å². The first-order chi connectivity index (χ1) is 13.8. The molecule has 1 saturated heterocycles. The molecule has 10 heteroatoms. The number of rotatable bonds is 8. The minimum Gasteiger partial charge on any atom is -0.451 e. The van der Waals surface area contributed by atoms with Crippen molar-refractivity contribution in [2.24, 2.45) is 0 Å². The molecule has 0 N–H and O–H groups in total. The second-order valence-corrected chi connectivity index (χ2v) is 11.2. The zero-order valence-electron chi connectivity index (χ0n) is 16.4. The van der Waals surface area contributed by atoms with E-state index in [0.29, 0.717) is 23.5 Å². The average molecular weight is 457 g/mol. The highest BCUT2D eigenvalue weighted by Crippen LogP contribution is 2.31. The van der Waals surface area contributed by atoms with Gasteiger partial charge in [-0.15, -0.1) is 22.7 Å². The van der Waals surface area contributed by atoms with Gasteiger partial charge in [-0.1, -0.05) is 19.4 Å². The molecule has 0 aromatic carbocycles. The quantitative estimate of drug-likeness (QED) is 0.567. The maximum Gasteiger partial charge on any atom is 0.350 e. The summed E-state index contributed by atoms with van der Waals surface area (Å²) >= 11 is 2.78. The lowest BCUT2D eigenvalue weighted by molar-refractivity contribution is -0.136. The highest BCUT2D eigenvalue weighted by atomic mass is 32.2. The van der Waals surface area contributed by atoms with E-state index in [1.807, 2.05) is 24.4 Å². The van der Waals surface area contributed by atoms with E-state index in [9.17, 15) is 18.0 Å². The zero-order valence-corrected chi connectivity index (χ0v) is 18.9. The Balaban J connectivity index is 1.64. The van der Waals surface area contributed by atoms with Gasteiger partial charge in [0, 0.05) is 12.6 Å². The van der Waals surface area contributed by atoms with Crippen LogP contribution in [0.5, 0.6) is 0 Å². The molecule has 0 radical (unpaired) electrons. The van der Waals surface area contributed by atoms with Crippen molar-refractivity contribution in [1.82, 2.24) is 9.88 Å². The molecule has 1 unspecified atom stereocenters. The number of hydrogen-bond acceptors (Lipinski definition) is 8. The number of carbonyl (C=O) groups is 2. The highest BCUT2D eigenvalue weighted by molar-refractivity contribution is 7.91. The summed E-state index contributed by atoms with van der Waals surface area (Å²) in [5, 5.41) is 2.69. The van der Waals surface area contributed by atoms with E-state index in [-0.39, 0.29) is 23.5 Å². The molecular formula is C19H24N2O5S3. The van der Waals surface area contributed by atoms with Crippen molar-refractivity contribution in [3.05, 3.63) is 28.1 Å². The van der Waals surface area contributed by atoms with Crippen molar-refractivity contribution in [3.8, 4) is 9.88 Å². The van der Waals surface area contributed by atoms with Gasteiger partial charge in [-0.05, 0) is 31.2 Å². The summed E-state index contributed by atoms with van der Waals surface area (Å²) in [6, 6.07) is 3.51. The van der Waals surface area contributed by atoms with Gasteiger partial charge in [0.25, 0.3) is 5.91 Å². The molecule has 3 rings (SSSR count). The van der Waals surface area contributed by atoms with Crippen LogP contribution in [0.25, 0.3) is 9.88 Å². The average Bonchev–Trinajstić information content (AvgIpc) is 3.40. The van der Waals surface area contributed by atoms with Crippen LogP contribution in [0.3, 0.4) is 0 Å². The Kier molecular flexibility index (Phi) is 7.07. The van der Waals surface area contributed by atoms with E-state index < -0.39 is 22.4 Å². The number of thiophene rings is 1. The number of thiazole rings is 1. The van der Waals surface area contributed by atoms with Crippen LogP contribution in [0.4, 0.5) is 0 Å². The molecule has 1 aliphatic rings. The van der Waals surface area contributed by atoms with Crippen LogP contribution in [0, 0.1) is 6.92 Å². The number of aryl methyl sites for hydroxylation is 1. The number of sulfone groups is 1. The van der Waals surface area contributed by atoms with Gasteiger partial charge in [0.1, 0.15) is 9.88 Å².